The SMILES string of the molecule is CC(=O)c1ccccc1N1CCCS1(=O)=O. The predicted octanol–water partition coefficient (Wildman–Crippen LogP) is 1.43. The Hall–Kier alpha value is -1.36. The van der Waals surface area contributed by atoms with Crippen LogP contribution < -0.4 is 4.31 Å². The zero-order valence-corrected chi connectivity index (χ0v) is 9.83. The van der Waals surface area contributed by atoms with Gasteiger partial charge < -0.3 is 0 Å². The fourth-order valence-electron chi connectivity index (χ4n) is 1.90. The number of carbonyl (C=O) groups excluding carboxylic acids is 1. The molecule has 16 heavy (non-hydrogen) atoms. The number of sulfonamides is 1. The Morgan fingerprint density at radius 2 is 2.00 bits per heavy atom. The summed E-state index contributed by atoms with van der Waals surface area (Å²) >= 11 is 0. The van der Waals surface area contributed by atoms with Crippen molar-refractivity contribution < 1.29 is 13.2 Å². The average molecular weight is 239 g/mol. The van der Waals surface area contributed by atoms with Crippen LogP contribution in [0.25, 0.3) is 0 Å². The first-order chi connectivity index (χ1) is 7.52. The average Bonchev–Trinajstić information content (AvgIpc) is 2.58. The number of benzene rings is 1. The molecule has 0 radical (unpaired) electrons. The third-order valence-corrected chi connectivity index (χ3v) is 4.51. The molecule has 0 spiro atoms. The van der Waals surface area contributed by atoms with E-state index in [9.17, 15) is 13.2 Å². The standard InChI is InChI=1S/C11H13NO3S/c1-9(13)10-5-2-3-6-11(10)12-7-4-8-16(12,14)15/h2-3,5-6H,4,7-8H2,1H3. The second-order valence-corrected chi connectivity index (χ2v) is 5.83. The molecule has 5 heteroatoms. The molecular weight excluding hydrogens is 226 g/mol. The number of Topliss-reactive ketones (excluding diaryl/α,β-unsaturated/α-hetero) is 1. The van der Waals surface area contributed by atoms with E-state index in [2.05, 4.69) is 0 Å². The molecule has 0 bridgehead atoms. The Bertz CT molecular complexity index is 522. The number of carbonyl (C=O) groups is 1. The molecular formula is C11H13NO3S. The minimum atomic E-state index is -3.22. The van der Waals surface area contributed by atoms with Crippen molar-refractivity contribution in [2.75, 3.05) is 16.6 Å². The van der Waals surface area contributed by atoms with E-state index >= 15 is 0 Å². The Kier molecular flexibility index (Phi) is 2.71. The molecule has 0 N–H and O–H groups in total. The van der Waals surface area contributed by atoms with Gasteiger partial charge in [0.05, 0.1) is 11.4 Å². The predicted molar refractivity (Wildman–Crippen MR) is 62.2 cm³/mol. The van der Waals surface area contributed by atoms with E-state index in [0.717, 1.165) is 0 Å². The highest BCUT2D eigenvalue weighted by Crippen LogP contribution is 2.27. The van der Waals surface area contributed by atoms with Gasteiger partial charge in [-0.1, -0.05) is 12.1 Å². The second kappa shape index (κ2) is 3.90. The molecule has 1 aliphatic rings. The number of hydrogen-bond donors (Lipinski definition) is 0. The minimum Gasteiger partial charge on any atom is -0.294 e. The topological polar surface area (TPSA) is 54.5 Å². The van der Waals surface area contributed by atoms with Crippen molar-refractivity contribution in [3.8, 4) is 0 Å². The minimum absolute atomic E-state index is 0.113. The molecule has 86 valence electrons. The van der Waals surface area contributed by atoms with Crippen molar-refractivity contribution in [1.29, 1.82) is 0 Å². The summed E-state index contributed by atoms with van der Waals surface area (Å²) in [5.41, 5.74) is 0.973. The van der Waals surface area contributed by atoms with Crippen LogP contribution in [0.1, 0.15) is 23.7 Å². The third kappa shape index (κ3) is 1.82. The number of hydrogen-bond acceptors (Lipinski definition) is 3. The summed E-state index contributed by atoms with van der Waals surface area (Å²) in [6.07, 6.45) is 0.620. The smallest absolute Gasteiger partial charge is 0.235 e. The van der Waals surface area contributed by atoms with Gasteiger partial charge in [0.1, 0.15) is 0 Å². The first-order valence-corrected chi connectivity index (χ1v) is 6.74. The van der Waals surface area contributed by atoms with Gasteiger partial charge in [0.25, 0.3) is 0 Å². The molecule has 0 aromatic heterocycles. The lowest BCUT2D eigenvalue weighted by atomic mass is 10.1. The number of para-hydroxylation sites is 1. The fourth-order valence-corrected chi connectivity index (χ4v) is 3.48. The second-order valence-electron chi connectivity index (χ2n) is 3.82. The molecule has 0 amide bonds. The monoisotopic (exact) mass is 239 g/mol. The van der Waals surface area contributed by atoms with Crippen LogP contribution in [0.3, 0.4) is 0 Å². The van der Waals surface area contributed by atoms with Gasteiger partial charge in [0.15, 0.2) is 5.78 Å². The van der Waals surface area contributed by atoms with Crippen molar-refractivity contribution in [3.05, 3.63) is 29.8 Å². The van der Waals surface area contributed by atoms with Crippen molar-refractivity contribution >= 4 is 21.5 Å². The van der Waals surface area contributed by atoms with Crippen molar-refractivity contribution in [2.45, 2.75) is 13.3 Å². The Morgan fingerprint density at radius 3 is 2.56 bits per heavy atom. The fraction of sp³-hybridized carbons (Fsp3) is 0.364. The van der Waals surface area contributed by atoms with Gasteiger partial charge in [-0.2, -0.15) is 0 Å². The summed E-state index contributed by atoms with van der Waals surface area (Å²) in [7, 11) is -3.22. The first-order valence-electron chi connectivity index (χ1n) is 5.13. The quantitative estimate of drug-likeness (QED) is 0.734. The molecule has 4 nitrogen and oxygen atoms in total. The number of ketones is 1. The van der Waals surface area contributed by atoms with Crippen LogP contribution in [0.15, 0.2) is 24.3 Å². The van der Waals surface area contributed by atoms with Gasteiger partial charge in [0.2, 0.25) is 10.0 Å². The normalized spacial score (nSPS) is 18.7. The van der Waals surface area contributed by atoms with E-state index in [0.29, 0.717) is 24.2 Å². The van der Waals surface area contributed by atoms with Crippen LogP contribution in [0.2, 0.25) is 0 Å². The number of nitrogens with zero attached hydrogens (tertiary/aromatic N) is 1. The molecule has 1 heterocycles. The Morgan fingerprint density at radius 1 is 1.31 bits per heavy atom. The summed E-state index contributed by atoms with van der Waals surface area (Å²) in [6, 6.07) is 6.82. The van der Waals surface area contributed by atoms with Gasteiger partial charge >= 0.3 is 0 Å². The van der Waals surface area contributed by atoms with Gasteiger partial charge in [-0.25, -0.2) is 8.42 Å². The van der Waals surface area contributed by atoms with Gasteiger partial charge in [0, 0.05) is 12.1 Å². The van der Waals surface area contributed by atoms with Crippen LogP contribution in [-0.2, 0) is 10.0 Å². The number of anilines is 1. The largest absolute Gasteiger partial charge is 0.294 e. The van der Waals surface area contributed by atoms with Crippen LogP contribution in [0.5, 0.6) is 0 Å². The highest BCUT2D eigenvalue weighted by Gasteiger charge is 2.30. The van der Waals surface area contributed by atoms with Gasteiger partial charge in [-0.3, -0.25) is 9.10 Å². The highest BCUT2D eigenvalue weighted by atomic mass is 32.2. The summed E-state index contributed by atoms with van der Waals surface area (Å²) in [6.45, 7) is 1.91. The molecule has 1 fully saturated rings. The van der Waals surface area contributed by atoms with Crippen LogP contribution in [0.4, 0.5) is 5.69 Å². The molecule has 1 aromatic rings. The summed E-state index contributed by atoms with van der Waals surface area (Å²) in [4.78, 5) is 11.4. The molecule has 2 rings (SSSR count). The zero-order chi connectivity index (χ0) is 11.8. The summed E-state index contributed by atoms with van der Waals surface area (Å²) in [5.74, 6) is 0.0527. The third-order valence-electron chi connectivity index (χ3n) is 2.65. The maximum absolute atomic E-state index is 11.8. The van der Waals surface area contributed by atoms with Crippen molar-refractivity contribution in [3.63, 3.8) is 0 Å². The van der Waals surface area contributed by atoms with E-state index in [4.69, 9.17) is 0 Å². The summed E-state index contributed by atoms with van der Waals surface area (Å²) in [5, 5.41) is 0. The molecule has 1 saturated heterocycles. The Balaban J connectivity index is 2.52. The molecule has 0 aliphatic carbocycles. The lowest BCUT2D eigenvalue weighted by Crippen LogP contribution is -2.26. The molecule has 0 saturated carbocycles. The van der Waals surface area contributed by atoms with E-state index in [1.54, 1.807) is 24.3 Å². The molecule has 0 atom stereocenters. The van der Waals surface area contributed by atoms with E-state index in [1.165, 1.54) is 11.2 Å². The van der Waals surface area contributed by atoms with E-state index < -0.39 is 10.0 Å². The lowest BCUT2D eigenvalue weighted by Gasteiger charge is -2.19. The van der Waals surface area contributed by atoms with Crippen molar-refractivity contribution in [1.82, 2.24) is 0 Å². The highest BCUT2D eigenvalue weighted by molar-refractivity contribution is 7.93. The lowest BCUT2D eigenvalue weighted by molar-refractivity contribution is 0.101. The van der Waals surface area contributed by atoms with Crippen LogP contribution in [0, 0.1) is 0 Å². The van der Waals surface area contributed by atoms with Gasteiger partial charge in [-0.15, -0.1) is 0 Å². The first kappa shape index (κ1) is 11.1. The van der Waals surface area contributed by atoms with Crippen molar-refractivity contribution in [2.24, 2.45) is 0 Å². The molecule has 1 aliphatic heterocycles. The van der Waals surface area contributed by atoms with Crippen LogP contribution in [-0.4, -0.2) is 26.5 Å². The van der Waals surface area contributed by atoms with E-state index in [-0.39, 0.29) is 11.5 Å². The molecule has 0 unspecified atom stereocenters. The summed E-state index contributed by atoms with van der Waals surface area (Å²) < 4.78 is 24.8. The van der Waals surface area contributed by atoms with Gasteiger partial charge in [-0.05, 0) is 25.5 Å². The Labute approximate surface area is 94.9 Å². The number of rotatable bonds is 2. The maximum atomic E-state index is 11.8. The van der Waals surface area contributed by atoms with Crippen LogP contribution >= 0.6 is 0 Å². The maximum Gasteiger partial charge on any atom is 0.235 e. The zero-order valence-electron chi connectivity index (χ0n) is 9.01. The molecule has 1 aromatic carbocycles. The van der Waals surface area contributed by atoms with E-state index in [1.807, 2.05) is 0 Å².